The van der Waals surface area contributed by atoms with Crippen molar-refractivity contribution in [2.24, 2.45) is 0 Å². The van der Waals surface area contributed by atoms with Gasteiger partial charge in [0.25, 0.3) is 0 Å². The molecule has 7 heteroatoms. The number of para-hydroxylation sites is 2. The van der Waals surface area contributed by atoms with Gasteiger partial charge in [0.15, 0.2) is 0 Å². The minimum atomic E-state index is -3.57. The van der Waals surface area contributed by atoms with Crippen LogP contribution in [0.1, 0.15) is 11.6 Å². The maximum absolute atomic E-state index is 12.8. The second-order valence-corrected chi connectivity index (χ2v) is 9.55. The second-order valence-electron chi connectivity index (χ2n) is 7.79. The maximum Gasteiger partial charge on any atom is 0.240 e. The quantitative estimate of drug-likeness (QED) is 0.568. The van der Waals surface area contributed by atoms with E-state index in [4.69, 9.17) is 4.74 Å². The van der Waals surface area contributed by atoms with Crippen LogP contribution in [-0.2, 0) is 10.0 Å². The number of ether oxygens (including phenoxy) is 1. The third-order valence-corrected chi connectivity index (χ3v) is 7.32. The number of hydrogen-bond acceptors (Lipinski definition) is 5. The van der Waals surface area contributed by atoms with E-state index in [9.17, 15) is 8.42 Å². The predicted molar refractivity (Wildman–Crippen MR) is 128 cm³/mol. The van der Waals surface area contributed by atoms with Crippen LogP contribution in [0.25, 0.3) is 0 Å². The molecule has 3 aromatic carbocycles. The van der Waals surface area contributed by atoms with Gasteiger partial charge in [-0.3, -0.25) is 4.90 Å². The molecule has 4 rings (SSSR count). The fourth-order valence-electron chi connectivity index (χ4n) is 4.17. The molecule has 1 N–H and O–H groups in total. The molecule has 1 atom stereocenters. The number of nitrogens with zero attached hydrogens (tertiary/aromatic N) is 2. The lowest BCUT2D eigenvalue weighted by Crippen LogP contribution is -2.50. The van der Waals surface area contributed by atoms with Crippen molar-refractivity contribution in [2.45, 2.75) is 10.9 Å². The van der Waals surface area contributed by atoms with E-state index in [1.54, 1.807) is 31.4 Å². The molecule has 0 aliphatic carbocycles. The van der Waals surface area contributed by atoms with Gasteiger partial charge in [-0.1, -0.05) is 60.7 Å². The van der Waals surface area contributed by atoms with Crippen molar-refractivity contribution in [3.8, 4) is 5.75 Å². The minimum Gasteiger partial charge on any atom is -0.495 e. The molecular formula is C25H29N3O3S. The van der Waals surface area contributed by atoms with Crippen LogP contribution in [0.3, 0.4) is 0 Å². The van der Waals surface area contributed by atoms with Crippen LogP contribution in [0.2, 0.25) is 0 Å². The Kier molecular flexibility index (Phi) is 7.09. The highest BCUT2D eigenvalue weighted by molar-refractivity contribution is 7.89. The van der Waals surface area contributed by atoms with Crippen molar-refractivity contribution < 1.29 is 13.2 Å². The van der Waals surface area contributed by atoms with Gasteiger partial charge in [0.1, 0.15) is 5.75 Å². The van der Waals surface area contributed by atoms with Gasteiger partial charge in [0.2, 0.25) is 10.0 Å². The summed E-state index contributed by atoms with van der Waals surface area (Å²) in [5.41, 5.74) is 2.20. The SMILES string of the molecule is COc1ccccc1N1CCN([C@H](CNS(=O)(=O)c2ccccc2)c2ccccc2)CC1. The Balaban J connectivity index is 1.49. The first kappa shape index (κ1) is 22.3. The van der Waals surface area contributed by atoms with Gasteiger partial charge in [-0.05, 0) is 29.8 Å². The number of rotatable bonds is 8. The van der Waals surface area contributed by atoms with E-state index >= 15 is 0 Å². The first-order chi connectivity index (χ1) is 15.6. The molecule has 0 radical (unpaired) electrons. The normalized spacial score (nSPS) is 16.0. The van der Waals surface area contributed by atoms with Gasteiger partial charge in [0.05, 0.1) is 17.7 Å². The molecule has 1 aliphatic heterocycles. The lowest BCUT2D eigenvalue weighted by atomic mass is 10.0. The lowest BCUT2D eigenvalue weighted by Gasteiger charge is -2.40. The summed E-state index contributed by atoms with van der Waals surface area (Å²) in [5, 5.41) is 0. The number of anilines is 1. The minimum absolute atomic E-state index is 0.0468. The number of methoxy groups -OCH3 is 1. The Bertz CT molecular complexity index is 1100. The van der Waals surface area contributed by atoms with Crippen LogP contribution in [0.4, 0.5) is 5.69 Å². The number of sulfonamides is 1. The molecule has 0 aromatic heterocycles. The summed E-state index contributed by atoms with van der Waals surface area (Å²) in [6.45, 7) is 3.65. The van der Waals surface area contributed by atoms with E-state index in [0.29, 0.717) is 6.54 Å². The molecule has 1 aliphatic rings. The summed E-state index contributed by atoms with van der Waals surface area (Å²) in [4.78, 5) is 4.97. The Labute approximate surface area is 190 Å². The van der Waals surface area contributed by atoms with Gasteiger partial charge in [0, 0.05) is 38.8 Å². The van der Waals surface area contributed by atoms with Crippen LogP contribution < -0.4 is 14.4 Å². The number of benzene rings is 3. The molecule has 0 saturated carbocycles. The van der Waals surface area contributed by atoms with E-state index < -0.39 is 10.0 Å². The lowest BCUT2D eigenvalue weighted by molar-refractivity contribution is 0.186. The van der Waals surface area contributed by atoms with Crippen molar-refractivity contribution in [3.63, 3.8) is 0 Å². The van der Waals surface area contributed by atoms with Crippen LogP contribution in [0.5, 0.6) is 5.75 Å². The van der Waals surface area contributed by atoms with Gasteiger partial charge in [-0.15, -0.1) is 0 Å². The van der Waals surface area contributed by atoms with Crippen molar-refractivity contribution in [2.75, 3.05) is 44.7 Å². The van der Waals surface area contributed by atoms with Crippen LogP contribution in [0.15, 0.2) is 89.8 Å². The van der Waals surface area contributed by atoms with Crippen molar-refractivity contribution in [1.29, 1.82) is 0 Å². The molecule has 32 heavy (non-hydrogen) atoms. The molecule has 168 valence electrons. The monoisotopic (exact) mass is 451 g/mol. The van der Waals surface area contributed by atoms with E-state index in [0.717, 1.165) is 43.2 Å². The average molecular weight is 452 g/mol. The fraction of sp³-hybridized carbons (Fsp3) is 0.280. The standard InChI is InChI=1S/C25H29N3O3S/c1-31-25-15-9-8-14-23(25)27-16-18-28(19-17-27)24(21-10-4-2-5-11-21)20-26-32(29,30)22-12-6-3-7-13-22/h2-15,24,26H,16-20H2,1H3/t24-/m1/s1. The fourth-order valence-corrected chi connectivity index (χ4v) is 5.23. The highest BCUT2D eigenvalue weighted by Crippen LogP contribution is 2.30. The molecular weight excluding hydrogens is 422 g/mol. The zero-order chi connectivity index (χ0) is 22.4. The van der Waals surface area contributed by atoms with E-state index in [1.807, 2.05) is 42.5 Å². The number of hydrogen-bond donors (Lipinski definition) is 1. The second kappa shape index (κ2) is 10.2. The van der Waals surface area contributed by atoms with E-state index in [1.165, 1.54) is 0 Å². The van der Waals surface area contributed by atoms with Crippen LogP contribution in [-0.4, -0.2) is 53.2 Å². The summed E-state index contributed by atoms with van der Waals surface area (Å²) in [5.74, 6) is 0.871. The van der Waals surface area contributed by atoms with Gasteiger partial charge >= 0.3 is 0 Å². The van der Waals surface area contributed by atoms with Crippen molar-refractivity contribution >= 4 is 15.7 Å². The Morgan fingerprint density at radius 2 is 1.44 bits per heavy atom. The largest absolute Gasteiger partial charge is 0.495 e. The van der Waals surface area contributed by atoms with E-state index in [-0.39, 0.29) is 10.9 Å². The third-order valence-electron chi connectivity index (χ3n) is 5.89. The number of piperazine rings is 1. The molecule has 0 unspecified atom stereocenters. The van der Waals surface area contributed by atoms with Crippen LogP contribution in [0, 0.1) is 0 Å². The summed E-state index contributed by atoms with van der Waals surface area (Å²) in [6, 6.07) is 26.6. The molecule has 1 fully saturated rings. The molecule has 0 amide bonds. The van der Waals surface area contributed by atoms with Gasteiger partial charge in [-0.2, -0.15) is 0 Å². The first-order valence-electron chi connectivity index (χ1n) is 10.8. The zero-order valence-electron chi connectivity index (χ0n) is 18.2. The summed E-state index contributed by atoms with van der Waals surface area (Å²) in [6.07, 6.45) is 0. The third kappa shape index (κ3) is 5.12. The Morgan fingerprint density at radius 1 is 0.844 bits per heavy atom. The molecule has 0 bridgehead atoms. The maximum atomic E-state index is 12.8. The average Bonchev–Trinajstić information content (AvgIpc) is 2.86. The predicted octanol–water partition coefficient (Wildman–Crippen LogP) is 3.54. The molecule has 6 nitrogen and oxygen atoms in total. The summed E-state index contributed by atoms with van der Waals surface area (Å²) in [7, 11) is -1.87. The Hall–Kier alpha value is -2.87. The highest BCUT2D eigenvalue weighted by Gasteiger charge is 2.27. The summed E-state index contributed by atoms with van der Waals surface area (Å²) < 4.78 is 34.0. The Morgan fingerprint density at radius 3 is 2.09 bits per heavy atom. The van der Waals surface area contributed by atoms with E-state index in [2.05, 4.69) is 32.7 Å². The van der Waals surface area contributed by atoms with Crippen molar-refractivity contribution in [3.05, 3.63) is 90.5 Å². The van der Waals surface area contributed by atoms with Crippen LogP contribution >= 0.6 is 0 Å². The number of nitrogens with one attached hydrogen (secondary N) is 1. The van der Waals surface area contributed by atoms with Gasteiger partial charge < -0.3 is 9.64 Å². The molecule has 0 spiro atoms. The zero-order valence-corrected chi connectivity index (χ0v) is 19.0. The molecule has 3 aromatic rings. The molecule has 1 heterocycles. The van der Waals surface area contributed by atoms with Gasteiger partial charge in [-0.25, -0.2) is 13.1 Å². The van der Waals surface area contributed by atoms with Crippen molar-refractivity contribution in [1.82, 2.24) is 9.62 Å². The summed E-state index contributed by atoms with van der Waals surface area (Å²) >= 11 is 0. The topological polar surface area (TPSA) is 61.9 Å². The molecule has 1 saturated heterocycles. The first-order valence-corrected chi connectivity index (χ1v) is 12.3. The highest BCUT2D eigenvalue weighted by atomic mass is 32.2. The smallest absolute Gasteiger partial charge is 0.240 e.